The molecule has 1 aliphatic carbocycles. The molecule has 1 aromatic carbocycles. The van der Waals surface area contributed by atoms with Crippen LogP contribution in [0.2, 0.25) is 0 Å². The molecule has 114 valence electrons. The SMILES string of the molecule is CCSC1CCCC1n1c(CCCl)nc2cc(F)ccc21. The third-order valence-corrected chi connectivity index (χ3v) is 5.67. The average molecular weight is 327 g/mol. The van der Waals surface area contributed by atoms with Crippen molar-refractivity contribution in [1.82, 2.24) is 9.55 Å². The van der Waals surface area contributed by atoms with E-state index in [-0.39, 0.29) is 5.82 Å². The molecule has 1 saturated carbocycles. The average Bonchev–Trinajstić information content (AvgIpc) is 3.03. The Kier molecular flexibility index (Phi) is 4.75. The molecule has 0 bridgehead atoms. The largest absolute Gasteiger partial charge is 0.324 e. The van der Waals surface area contributed by atoms with Gasteiger partial charge in [-0.15, -0.1) is 11.6 Å². The lowest BCUT2D eigenvalue weighted by Gasteiger charge is -2.23. The molecule has 0 amide bonds. The van der Waals surface area contributed by atoms with E-state index in [0.717, 1.165) is 29.0 Å². The predicted octanol–water partition coefficient (Wildman–Crippen LogP) is 4.80. The highest BCUT2D eigenvalue weighted by Gasteiger charge is 2.31. The third-order valence-electron chi connectivity index (χ3n) is 4.17. The summed E-state index contributed by atoms with van der Waals surface area (Å²) in [7, 11) is 0. The van der Waals surface area contributed by atoms with E-state index in [1.54, 1.807) is 0 Å². The molecule has 1 aliphatic rings. The second-order valence-electron chi connectivity index (χ2n) is 5.46. The monoisotopic (exact) mass is 326 g/mol. The molecule has 2 atom stereocenters. The molecule has 1 heterocycles. The molecule has 1 aromatic heterocycles. The zero-order valence-electron chi connectivity index (χ0n) is 12.2. The molecular formula is C16H20ClFN2S. The number of benzene rings is 1. The Balaban J connectivity index is 2.08. The second-order valence-corrected chi connectivity index (χ2v) is 7.36. The highest BCUT2D eigenvalue weighted by atomic mass is 35.5. The maximum Gasteiger partial charge on any atom is 0.125 e. The van der Waals surface area contributed by atoms with Crippen molar-refractivity contribution in [2.24, 2.45) is 0 Å². The summed E-state index contributed by atoms with van der Waals surface area (Å²) >= 11 is 7.97. The van der Waals surface area contributed by atoms with E-state index < -0.39 is 0 Å². The molecule has 0 N–H and O–H groups in total. The van der Waals surface area contributed by atoms with Crippen LogP contribution in [-0.2, 0) is 6.42 Å². The van der Waals surface area contributed by atoms with Gasteiger partial charge in [0.15, 0.2) is 0 Å². The lowest BCUT2D eigenvalue weighted by atomic mass is 10.2. The summed E-state index contributed by atoms with van der Waals surface area (Å²) in [6, 6.07) is 5.38. The van der Waals surface area contributed by atoms with Gasteiger partial charge in [-0.3, -0.25) is 0 Å². The van der Waals surface area contributed by atoms with Crippen LogP contribution in [0.15, 0.2) is 18.2 Å². The molecule has 2 nitrogen and oxygen atoms in total. The fourth-order valence-corrected chi connectivity index (χ4v) is 4.77. The van der Waals surface area contributed by atoms with E-state index >= 15 is 0 Å². The van der Waals surface area contributed by atoms with Gasteiger partial charge < -0.3 is 4.57 Å². The molecule has 0 spiro atoms. The van der Waals surface area contributed by atoms with Crippen molar-refractivity contribution in [3.05, 3.63) is 29.8 Å². The summed E-state index contributed by atoms with van der Waals surface area (Å²) in [5.41, 5.74) is 1.80. The fourth-order valence-electron chi connectivity index (χ4n) is 3.36. The fraction of sp³-hybridized carbons (Fsp3) is 0.562. The number of hydrogen-bond donors (Lipinski definition) is 0. The number of aromatic nitrogens is 2. The number of thioether (sulfide) groups is 1. The number of hydrogen-bond acceptors (Lipinski definition) is 2. The van der Waals surface area contributed by atoms with E-state index in [1.807, 2.05) is 17.8 Å². The maximum atomic E-state index is 13.5. The summed E-state index contributed by atoms with van der Waals surface area (Å²) in [5.74, 6) is 2.45. The number of nitrogens with zero attached hydrogens (tertiary/aromatic N) is 2. The molecule has 0 saturated heterocycles. The van der Waals surface area contributed by atoms with Gasteiger partial charge in [0.1, 0.15) is 11.6 Å². The van der Waals surface area contributed by atoms with Crippen molar-refractivity contribution in [1.29, 1.82) is 0 Å². The number of aryl methyl sites for hydroxylation is 1. The molecule has 21 heavy (non-hydrogen) atoms. The summed E-state index contributed by atoms with van der Waals surface area (Å²) in [6.07, 6.45) is 4.42. The first-order valence-electron chi connectivity index (χ1n) is 7.58. The Morgan fingerprint density at radius 1 is 1.43 bits per heavy atom. The molecule has 2 unspecified atom stereocenters. The molecule has 3 rings (SSSR count). The number of rotatable bonds is 5. The second kappa shape index (κ2) is 6.57. The van der Waals surface area contributed by atoms with Crippen LogP contribution in [-0.4, -0.2) is 26.4 Å². The van der Waals surface area contributed by atoms with Crippen molar-refractivity contribution >= 4 is 34.4 Å². The van der Waals surface area contributed by atoms with Crippen LogP contribution >= 0.6 is 23.4 Å². The van der Waals surface area contributed by atoms with E-state index in [1.165, 1.54) is 31.4 Å². The number of alkyl halides is 1. The van der Waals surface area contributed by atoms with Crippen molar-refractivity contribution in [3.8, 4) is 0 Å². The van der Waals surface area contributed by atoms with Crippen molar-refractivity contribution in [2.75, 3.05) is 11.6 Å². The first-order chi connectivity index (χ1) is 10.2. The zero-order chi connectivity index (χ0) is 14.8. The quantitative estimate of drug-likeness (QED) is 0.734. The topological polar surface area (TPSA) is 17.8 Å². The smallest absolute Gasteiger partial charge is 0.125 e. The summed E-state index contributed by atoms with van der Waals surface area (Å²) < 4.78 is 15.8. The minimum atomic E-state index is -0.226. The maximum absolute atomic E-state index is 13.5. The summed E-state index contributed by atoms with van der Waals surface area (Å²) in [4.78, 5) is 4.63. The summed E-state index contributed by atoms with van der Waals surface area (Å²) in [6.45, 7) is 2.21. The van der Waals surface area contributed by atoms with Crippen LogP contribution < -0.4 is 0 Å². The highest BCUT2D eigenvalue weighted by Crippen LogP contribution is 2.40. The molecule has 2 aromatic rings. The van der Waals surface area contributed by atoms with Gasteiger partial charge in [-0.05, 0) is 30.7 Å². The van der Waals surface area contributed by atoms with Crippen LogP contribution in [0.4, 0.5) is 4.39 Å². The Labute approximate surface area is 134 Å². The predicted molar refractivity (Wildman–Crippen MR) is 88.9 cm³/mol. The van der Waals surface area contributed by atoms with Crippen LogP contribution in [0, 0.1) is 5.82 Å². The van der Waals surface area contributed by atoms with E-state index in [4.69, 9.17) is 11.6 Å². The highest BCUT2D eigenvalue weighted by molar-refractivity contribution is 7.99. The van der Waals surface area contributed by atoms with Gasteiger partial charge in [0, 0.05) is 29.7 Å². The minimum absolute atomic E-state index is 0.226. The summed E-state index contributed by atoms with van der Waals surface area (Å²) in [5, 5.41) is 0.631. The first kappa shape index (κ1) is 15.2. The number of halogens is 2. The van der Waals surface area contributed by atoms with E-state index in [9.17, 15) is 4.39 Å². The van der Waals surface area contributed by atoms with Crippen LogP contribution in [0.5, 0.6) is 0 Å². The molecule has 0 aliphatic heterocycles. The standard InChI is InChI=1S/C16H20ClFN2S/c1-2-21-15-5-3-4-14(15)20-13-7-6-11(18)10-12(13)19-16(20)8-9-17/h6-7,10,14-15H,2-5,8-9H2,1H3. The molecule has 1 fully saturated rings. The Bertz CT molecular complexity index is 628. The van der Waals surface area contributed by atoms with Crippen molar-refractivity contribution in [2.45, 2.75) is 43.9 Å². The molecular weight excluding hydrogens is 307 g/mol. The number of fused-ring (bicyclic) bond motifs is 1. The van der Waals surface area contributed by atoms with Gasteiger partial charge in [0.05, 0.1) is 11.0 Å². The lowest BCUT2D eigenvalue weighted by molar-refractivity contribution is 0.522. The normalized spacial score (nSPS) is 22.2. The Morgan fingerprint density at radius 2 is 2.29 bits per heavy atom. The third kappa shape index (κ3) is 2.93. The first-order valence-corrected chi connectivity index (χ1v) is 9.17. The van der Waals surface area contributed by atoms with Crippen LogP contribution in [0.25, 0.3) is 11.0 Å². The van der Waals surface area contributed by atoms with Gasteiger partial charge in [-0.1, -0.05) is 13.3 Å². The van der Waals surface area contributed by atoms with E-state index in [0.29, 0.717) is 17.2 Å². The minimum Gasteiger partial charge on any atom is -0.324 e. The molecule has 5 heteroatoms. The van der Waals surface area contributed by atoms with E-state index in [2.05, 4.69) is 16.5 Å². The Morgan fingerprint density at radius 3 is 3.05 bits per heavy atom. The molecule has 0 radical (unpaired) electrons. The lowest BCUT2D eigenvalue weighted by Crippen LogP contribution is -2.19. The Hall–Kier alpha value is -0.740. The van der Waals surface area contributed by atoms with Gasteiger partial charge >= 0.3 is 0 Å². The van der Waals surface area contributed by atoms with Crippen LogP contribution in [0.1, 0.15) is 38.1 Å². The van der Waals surface area contributed by atoms with Crippen molar-refractivity contribution < 1.29 is 4.39 Å². The van der Waals surface area contributed by atoms with Gasteiger partial charge in [0.25, 0.3) is 0 Å². The number of imidazole rings is 1. The zero-order valence-corrected chi connectivity index (χ0v) is 13.8. The van der Waals surface area contributed by atoms with Crippen LogP contribution in [0.3, 0.4) is 0 Å². The van der Waals surface area contributed by atoms with Gasteiger partial charge in [0.2, 0.25) is 0 Å². The van der Waals surface area contributed by atoms with Gasteiger partial charge in [-0.2, -0.15) is 11.8 Å². The van der Waals surface area contributed by atoms with Gasteiger partial charge in [-0.25, -0.2) is 9.37 Å². The van der Waals surface area contributed by atoms with Crippen molar-refractivity contribution in [3.63, 3.8) is 0 Å².